The van der Waals surface area contributed by atoms with Crippen molar-refractivity contribution in [3.8, 4) is 0 Å². The summed E-state index contributed by atoms with van der Waals surface area (Å²) in [4.78, 5) is 11.2. The van der Waals surface area contributed by atoms with Gasteiger partial charge in [-0.05, 0) is 6.92 Å². The van der Waals surface area contributed by atoms with Crippen LogP contribution in [-0.4, -0.2) is 156 Å². The molecule has 0 aromatic carbocycles. The van der Waals surface area contributed by atoms with E-state index in [1.807, 2.05) is 0 Å². The Labute approximate surface area is 192 Å². The SMILES string of the molecule is CC1OC(OCC2OC(O)C(O)C(OC3OC(C(=O)O)C(O)C(O)C3O)C2O)C(O)C(O)C1O. The Hall–Kier alpha value is -1.09. The van der Waals surface area contributed by atoms with Crippen LogP contribution in [0.15, 0.2) is 0 Å². The van der Waals surface area contributed by atoms with Crippen molar-refractivity contribution in [3.63, 3.8) is 0 Å². The molecular formula is C18H30O16. The smallest absolute Gasteiger partial charge is 0.335 e. The predicted octanol–water partition coefficient (Wildman–Crippen LogP) is -6.45. The zero-order chi connectivity index (χ0) is 25.5. The molecule has 3 heterocycles. The maximum Gasteiger partial charge on any atom is 0.335 e. The lowest BCUT2D eigenvalue weighted by Gasteiger charge is -2.45. The summed E-state index contributed by atoms with van der Waals surface area (Å²) in [6.07, 6.45) is -25.8. The molecule has 0 spiro atoms. The molecular weight excluding hydrogens is 472 g/mol. The number of carbonyl (C=O) groups is 1. The van der Waals surface area contributed by atoms with Crippen LogP contribution in [0.3, 0.4) is 0 Å². The Morgan fingerprint density at radius 1 is 0.706 bits per heavy atom. The fourth-order valence-electron chi connectivity index (χ4n) is 3.87. The summed E-state index contributed by atoms with van der Waals surface area (Å²) in [7, 11) is 0. The van der Waals surface area contributed by atoms with Crippen molar-refractivity contribution in [3.05, 3.63) is 0 Å². The van der Waals surface area contributed by atoms with Crippen LogP contribution in [0.25, 0.3) is 0 Å². The van der Waals surface area contributed by atoms with Gasteiger partial charge in [0.25, 0.3) is 0 Å². The molecule has 3 aliphatic heterocycles. The van der Waals surface area contributed by atoms with Crippen LogP contribution in [0.5, 0.6) is 0 Å². The molecule has 0 amide bonds. The van der Waals surface area contributed by atoms with Gasteiger partial charge in [-0.1, -0.05) is 0 Å². The van der Waals surface area contributed by atoms with E-state index in [9.17, 15) is 50.8 Å². The third-order valence-electron chi connectivity index (χ3n) is 6.00. The standard InChI is InChI=1S/C18H30O16/c1-3-5(19)7(21)10(24)17(31-3)30-2-4-6(20)13(12(26)16(29)32-4)33-18-11(25)8(22)9(23)14(34-18)15(27)28/h3-14,16-26,29H,2H2,1H3,(H,27,28). The third kappa shape index (κ3) is 5.35. The minimum atomic E-state index is -2.01. The van der Waals surface area contributed by atoms with E-state index in [2.05, 4.69) is 0 Å². The molecule has 0 aliphatic carbocycles. The summed E-state index contributed by atoms with van der Waals surface area (Å²) < 4.78 is 25.9. The normalized spacial score (nSPS) is 52.4. The van der Waals surface area contributed by atoms with Gasteiger partial charge in [-0.3, -0.25) is 0 Å². The Morgan fingerprint density at radius 3 is 1.91 bits per heavy atom. The predicted molar refractivity (Wildman–Crippen MR) is 100 cm³/mol. The van der Waals surface area contributed by atoms with Crippen molar-refractivity contribution < 1.29 is 79.5 Å². The van der Waals surface area contributed by atoms with Crippen molar-refractivity contribution in [1.29, 1.82) is 0 Å². The minimum Gasteiger partial charge on any atom is -0.479 e. The van der Waals surface area contributed by atoms with Crippen LogP contribution >= 0.6 is 0 Å². The van der Waals surface area contributed by atoms with Gasteiger partial charge in [0.15, 0.2) is 25.0 Å². The Morgan fingerprint density at radius 2 is 1.29 bits per heavy atom. The number of aliphatic hydroxyl groups is 9. The quantitative estimate of drug-likeness (QED) is 0.162. The highest BCUT2D eigenvalue weighted by Crippen LogP contribution is 2.30. The van der Waals surface area contributed by atoms with Crippen LogP contribution in [-0.2, 0) is 28.5 Å². The van der Waals surface area contributed by atoms with Crippen LogP contribution in [0, 0.1) is 0 Å². The highest BCUT2D eigenvalue weighted by atomic mass is 16.7. The molecule has 3 aliphatic rings. The van der Waals surface area contributed by atoms with E-state index in [0.29, 0.717) is 0 Å². The average Bonchev–Trinajstić information content (AvgIpc) is 2.79. The molecule has 0 bridgehead atoms. The van der Waals surface area contributed by atoms with Gasteiger partial charge < -0.3 is 74.7 Å². The number of ether oxygens (including phenoxy) is 5. The monoisotopic (exact) mass is 502 g/mol. The van der Waals surface area contributed by atoms with Crippen LogP contribution < -0.4 is 0 Å². The second kappa shape index (κ2) is 10.9. The molecule has 15 atom stereocenters. The van der Waals surface area contributed by atoms with Crippen LogP contribution in [0.4, 0.5) is 0 Å². The lowest BCUT2D eigenvalue weighted by atomic mass is 9.96. The Bertz CT molecular complexity index is 695. The molecule has 198 valence electrons. The second-order valence-corrected chi connectivity index (χ2v) is 8.40. The van der Waals surface area contributed by atoms with Gasteiger partial charge in [-0.2, -0.15) is 0 Å². The van der Waals surface area contributed by atoms with Crippen molar-refractivity contribution in [2.45, 2.75) is 99.0 Å². The molecule has 0 aromatic rings. The molecule has 15 unspecified atom stereocenters. The molecule has 3 fully saturated rings. The van der Waals surface area contributed by atoms with Gasteiger partial charge in [0.05, 0.1) is 12.7 Å². The lowest BCUT2D eigenvalue weighted by Crippen LogP contribution is -2.65. The van der Waals surface area contributed by atoms with Crippen LogP contribution in [0.1, 0.15) is 6.92 Å². The van der Waals surface area contributed by atoms with Gasteiger partial charge in [0, 0.05) is 0 Å². The molecule has 16 nitrogen and oxygen atoms in total. The number of hydrogen-bond acceptors (Lipinski definition) is 15. The first-order chi connectivity index (χ1) is 15.8. The maximum absolute atomic E-state index is 11.2. The highest BCUT2D eigenvalue weighted by Gasteiger charge is 2.52. The molecule has 3 rings (SSSR count). The number of hydrogen-bond donors (Lipinski definition) is 10. The number of aliphatic carboxylic acids is 1. The summed E-state index contributed by atoms with van der Waals surface area (Å²) in [5.41, 5.74) is 0. The largest absolute Gasteiger partial charge is 0.479 e. The zero-order valence-corrected chi connectivity index (χ0v) is 17.8. The fraction of sp³-hybridized carbons (Fsp3) is 0.944. The zero-order valence-electron chi connectivity index (χ0n) is 17.8. The first-order valence-electron chi connectivity index (χ1n) is 10.4. The van der Waals surface area contributed by atoms with Crippen molar-refractivity contribution in [2.24, 2.45) is 0 Å². The van der Waals surface area contributed by atoms with E-state index < -0.39 is 105 Å². The van der Waals surface area contributed by atoms with E-state index in [4.69, 9.17) is 28.8 Å². The molecule has 0 radical (unpaired) electrons. The Kier molecular flexibility index (Phi) is 8.81. The highest BCUT2D eigenvalue weighted by molar-refractivity contribution is 5.73. The van der Waals surface area contributed by atoms with Crippen molar-refractivity contribution >= 4 is 5.97 Å². The number of carboxylic acid groups (broad SMARTS) is 1. The summed E-state index contributed by atoms with van der Waals surface area (Å²) in [6.45, 7) is 0.826. The summed E-state index contributed by atoms with van der Waals surface area (Å²) >= 11 is 0. The summed E-state index contributed by atoms with van der Waals surface area (Å²) in [5, 5.41) is 99.3. The lowest BCUT2D eigenvalue weighted by molar-refractivity contribution is -0.358. The topological polar surface area (TPSA) is 266 Å². The van der Waals surface area contributed by atoms with E-state index in [0.717, 1.165) is 0 Å². The Balaban J connectivity index is 1.67. The molecule has 0 aromatic heterocycles. The summed E-state index contributed by atoms with van der Waals surface area (Å²) in [6, 6.07) is 0. The average molecular weight is 502 g/mol. The van der Waals surface area contributed by atoms with E-state index in [1.165, 1.54) is 6.92 Å². The van der Waals surface area contributed by atoms with Gasteiger partial charge >= 0.3 is 5.97 Å². The first kappa shape index (κ1) is 27.5. The molecule has 16 heteroatoms. The van der Waals surface area contributed by atoms with Gasteiger partial charge in [-0.25, -0.2) is 4.79 Å². The second-order valence-electron chi connectivity index (χ2n) is 8.40. The van der Waals surface area contributed by atoms with Crippen molar-refractivity contribution in [1.82, 2.24) is 0 Å². The van der Waals surface area contributed by atoms with E-state index in [-0.39, 0.29) is 0 Å². The third-order valence-corrected chi connectivity index (χ3v) is 6.00. The molecule has 10 N–H and O–H groups in total. The number of carboxylic acids is 1. The number of aliphatic hydroxyl groups excluding tert-OH is 9. The fourth-order valence-corrected chi connectivity index (χ4v) is 3.87. The van der Waals surface area contributed by atoms with Gasteiger partial charge in [0.1, 0.15) is 61.0 Å². The van der Waals surface area contributed by atoms with Crippen LogP contribution in [0.2, 0.25) is 0 Å². The van der Waals surface area contributed by atoms with Crippen molar-refractivity contribution in [2.75, 3.05) is 6.61 Å². The van der Waals surface area contributed by atoms with Gasteiger partial charge in [-0.15, -0.1) is 0 Å². The first-order valence-corrected chi connectivity index (χ1v) is 10.4. The molecule has 0 saturated carbocycles. The van der Waals surface area contributed by atoms with E-state index >= 15 is 0 Å². The van der Waals surface area contributed by atoms with E-state index in [1.54, 1.807) is 0 Å². The molecule has 34 heavy (non-hydrogen) atoms. The minimum absolute atomic E-state index is 0.588. The molecule has 3 saturated heterocycles. The number of rotatable bonds is 6. The van der Waals surface area contributed by atoms with Gasteiger partial charge in [0.2, 0.25) is 0 Å². The summed E-state index contributed by atoms with van der Waals surface area (Å²) in [5.74, 6) is -1.68. The maximum atomic E-state index is 11.2.